The van der Waals surface area contributed by atoms with Gasteiger partial charge in [0.25, 0.3) is 0 Å². The van der Waals surface area contributed by atoms with Crippen LogP contribution in [0.1, 0.15) is 6.92 Å². The lowest BCUT2D eigenvalue weighted by atomic mass is 10.2. The van der Waals surface area contributed by atoms with Crippen molar-refractivity contribution in [3.8, 4) is 0 Å². The summed E-state index contributed by atoms with van der Waals surface area (Å²) in [5.41, 5.74) is 7.01. The Hall–Kier alpha value is -1.19. The first-order chi connectivity index (χ1) is 5.17. The molecule has 0 saturated carbocycles. The van der Waals surface area contributed by atoms with Gasteiger partial charge < -0.3 is 5.73 Å². The van der Waals surface area contributed by atoms with Gasteiger partial charge in [-0.3, -0.25) is 15.0 Å². The van der Waals surface area contributed by atoms with Crippen LogP contribution in [0.4, 0.5) is 0 Å². The summed E-state index contributed by atoms with van der Waals surface area (Å²) < 4.78 is 0. The predicted molar refractivity (Wildman–Crippen MR) is 49.9 cm³/mol. The number of hydrogen-bond donors (Lipinski definition) is 1. The molecular weight excluding hydrogens is 140 g/mol. The molecule has 0 aliphatic carbocycles. The van der Waals surface area contributed by atoms with Gasteiger partial charge in [-0.2, -0.15) is 0 Å². The van der Waals surface area contributed by atoms with Crippen LogP contribution in [0.15, 0.2) is 15.0 Å². The number of aliphatic imine (C=N–C) groups is 3. The Bertz CT molecular complexity index is 192. The lowest BCUT2D eigenvalue weighted by Gasteiger charge is -2.01. The average Bonchev–Trinajstić information content (AvgIpc) is 2.05. The van der Waals surface area contributed by atoms with Crippen molar-refractivity contribution >= 4 is 17.3 Å². The molecule has 0 aliphatic heterocycles. The van der Waals surface area contributed by atoms with E-state index in [1.807, 2.05) is 6.92 Å². The van der Waals surface area contributed by atoms with Gasteiger partial charge in [-0.1, -0.05) is 0 Å². The molecule has 0 saturated heterocycles. The fourth-order valence-corrected chi connectivity index (χ4v) is 0.674. The lowest BCUT2D eigenvalue weighted by Crippen LogP contribution is -2.29. The zero-order valence-electron chi connectivity index (χ0n) is 7.42. The van der Waals surface area contributed by atoms with Crippen molar-refractivity contribution in [2.45, 2.75) is 6.92 Å². The van der Waals surface area contributed by atoms with E-state index in [1.165, 1.54) is 0 Å². The molecule has 0 aromatic heterocycles. The SMILES string of the molecule is CN=C(C)C(=NC)C(N)=NC. The van der Waals surface area contributed by atoms with Crippen molar-refractivity contribution < 1.29 is 0 Å². The van der Waals surface area contributed by atoms with Crippen molar-refractivity contribution in [2.24, 2.45) is 20.7 Å². The summed E-state index contributed by atoms with van der Waals surface area (Å²) >= 11 is 0. The van der Waals surface area contributed by atoms with Gasteiger partial charge >= 0.3 is 0 Å². The molecule has 11 heavy (non-hydrogen) atoms. The van der Waals surface area contributed by atoms with Crippen molar-refractivity contribution in [1.29, 1.82) is 0 Å². The van der Waals surface area contributed by atoms with E-state index in [0.29, 0.717) is 11.5 Å². The summed E-state index contributed by atoms with van der Waals surface area (Å²) in [6.45, 7) is 1.85. The van der Waals surface area contributed by atoms with Gasteiger partial charge in [-0.15, -0.1) is 0 Å². The van der Waals surface area contributed by atoms with Gasteiger partial charge in [0.1, 0.15) is 11.5 Å². The monoisotopic (exact) mass is 154 g/mol. The van der Waals surface area contributed by atoms with Gasteiger partial charge in [0.15, 0.2) is 0 Å². The number of hydrogen-bond acceptors (Lipinski definition) is 3. The van der Waals surface area contributed by atoms with Crippen molar-refractivity contribution in [2.75, 3.05) is 21.1 Å². The van der Waals surface area contributed by atoms with Crippen LogP contribution in [-0.4, -0.2) is 38.4 Å². The first kappa shape index (κ1) is 9.81. The second kappa shape index (κ2) is 4.60. The van der Waals surface area contributed by atoms with Crippen LogP contribution in [0.3, 0.4) is 0 Å². The first-order valence-corrected chi connectivity index (χ1v) is 3.30. The Kier molecular flexibility index (Phi) is 4.10. The molecule has 0 spiro atoms. The van der Waals surface area contributed by atoms with Crippen LogP contribution in [0.5, 0.6) is 0 Å². The Balaban J connectivity index is 4.72. The highest BCUT2D eigenvalue weighted by Crippen LogP contribution is 1.84. The molecule has 0 aromatic rings. The molecule has 4 heteroatoms. The molecule has 2 N–H and O–H groups in total. The zero-order valence-corrected chi connectivity index (χ0v) is 7.42. The van der Waals surface area contributed by atoms with Gasteiger partial charge in [0, 0.05) is 21.1 Å². The zero-order chi connectivity index (χ0) is 8.85. The van der Waals surface area contributed by atoms with Crippen LogP contribution in [0, 0.1) is 0 Å². The minimum absolute atomic E-state index is 0.426. The van der Waals surface area contributed by atoms with Gasteiger partial charge in [-0.25, -0.2) is 0 Å². The molecule has 62 valence electrons. The van der Waals surface area contributed by atoms with E-state index in [-0.39, 0.29) is 0 Å². The van der Waals surface area contributed by atoms with E-state index < -0.39 is 0 Å². The lowest BCUT2D eigenvalue weighted by molar-refractivity contribution is 1.39. The molecule has 0 fully saturated rings. The Morgan fingerprint density at radius 3 is 1.82 bits per heavy atom. The standard InChI is InChI=1S/C7H14N4/c1-5(9-2)6(10-3)7(8)11-4/h1-4H3,(H2,8,11). The van der Waals surface area contributed by atoms with Crippen LogP contribution in [0.25, 0.3) is 0 Å². The van der Waals surface area contributed by atoms with Crippen molar-refractivity contribution in [3.05, 3.63) is 0 Å². The van der Waals surface area contributed by atoms with E-state index >= 15 is 0 Å². The maximum Gasteiger partial charge on any atom is 0.145 e. The molecule has 0 radical (unpaired) electrons. The molecule has 0 bridgehead atoms. The van der Waals surface area contributed by atoms with Crippen LogP contribution in [0.2, 0.25) is 0 Å². The fraction of sp³-hybridized carbons (Fsp3) is 0.571. The Morgan fingerprint density at radius 1 is 1.00 bits per heavy atom. The minimum atomic E-state index is 0.426. The van der Waals surface area contributed by atoms with Gasteiger partial charge in [-0.05, 0) is 6.92 Å². The molecular formula is C7H14N4. The quantitative estimate of drug-likeness (QED) is 0.446. The molecule has 0 amide bonds. The summed E-state index contributed by atoms with van der Waals surface area (Å²) in [5.74, 6) is 0.426. The topological polar surface area (TPSA) is 63.1 Å². The molecule has 0 rings (SSSR count). The third-order valence-electron chi connectivity index (χ3n) is 1.39. The van der Waals surface area contributed by atoms with Crippen molar-refractivity contribution in [1.82, 2.24) is 0 Å². The molecule has 0 aliphatic rings. The highest BCUT2D eigenvalue weighted by atomic mass is 14.9. The second-order valence-electron chi connectivity index (χ2n) is 1.99. The molecule has 4 nitrogen and oxygen atoms in total. The van der Waals surface area contributed by atoms with Gasteiger partial charge in [0.05, 0.1) is 5.71 Å². The summed E-state index contributed by atoms with van der Waals surface area (Å²) in [6.07, 6.45) is 0. The minimum Gasteiger partial charge on any atom is -0.382 e. The third kappa shape index (κ3) is 2.49. The van der Waals surface area contributed by atoms with Crippen LogP contribution >= 0.6 is 0 Å². The van der Waals surface area contributed by atoms with Crippen LogP contribution < -0.4 is 5.73 Å². The van der Waals surface area contributed by atoms with Gasteiger partial charge in [0.2, 0.25) is 0 Å². The Labute approximate surface area is 67.0 Å². The van der Waals surface area contributed by atoms with E-state index in [2.05, 4.69) is 15.0 Å². The number of amidine groups is 1. The molecule has 0 atom stereocenters. The average molecular weight is 154 g/mol. The predicted octanol–water partition coefficient (Wildman–Crippen LogP) is 0.135. The summed E-state index contributed by atoms with van der Waals surface area (Å²) in [7, 11) is 5.00. The number of nitrogens with zero attached hydrogens (tertiary/aromatic N) is 3. The maximum absolute atomic E-state index is 5.54. The molecule has 0 aromatic carbocycles. The summed E-state index contributed by atoms with van der Waals surface area (Å²) in [5, 5.41) is 0. The molecule has 0 heterocycles. The third-order valence-corrected chi connectivity index (χ3v) is 1.39. The van der Waals surface area contributed by atoms with E-state index in [4.69, 9.17) is 5.73 Å². The maximum atomic E-state index is 5.54. The van der Waals surface area contributed by atoms with E-state index in [1.54, 1.807) is 21.1 Å². The number of rotatable bonds is 2. The van der Waals surface area contributed by atoms with Crippen molar-refractivity contribution in [3.63, 3.8) is 0 Å². The van der Waals surface area contributed by atoms with E-state index in [0.717, 1.165) is 5.71 Å². The van der Waals surface area contributed by atoms with E-state index in [9.17, 15) is 0 Å². The first-order valence-electron chi connectivity index (χ1n) is 3.30. The largest absolute Gasteiger partial charge is 0.382 e. The summed E-state index contributed by atoms with van der Waals surface area (Å²) in [4.78, 5) is 11.7. The second-order valence-corrected chi connectivity index (χ2v) is 1.99. The highest BCUT2D eigenvalue weighted by molar-refractivity contribution is 6.67. The van der Waals surface area contributed by atoms with Crippen LogP contribution in [-0.2, 0) is 0 Å². The molecule has 0 unspecified atom stereocenters. The Morgan fingerprint density at radius 2 is 1.55 bits per heavy atom. The fourth-order valence-electron chi connectivity index (χ4n) is 0.674. The number of nitrogens with two attached hydrogens (primary N) is 1. The summed E-state index contributed by atoms with van der Waals surface area (Å²) in [6, 6.07) is 0. The normalized spacial score (nSPS) is 15.5. The smallest absolute Gasteiger partial charge is 0.145 e. The highest BCUT2D eigenvalue weighted by Gasteiger charge is 2.05.